The Morgan fingerprint density at radius 2 is 2.00 bits per heavy atom. The number of benzene rings is 1. The molecule has 1 aromatic carbocycles. The number of carboxylic acid groups (broad SMARTS) is 1. The summed E-state index contributed by atoms with van der Waals surface area (Å²) in [4.78, 5) is 11.2. The molecule has 0 aliphatic rings. The van der Waals surface area contributed by atoms with Crippen LogP contribution in [0.3, 0.4) is 0 Å². The smallest absolute Gasteiger partial charge is 0.335 e. The van der Waals surface area contributed by atoms with E-state index in [4.69, 9.17) is 10.2 Å². The number of aromatic carboxylic acids is 1. The molecule has 0 unspecified atom stereocenters. The highest BCUT2D eigenvalue weighted by Gasteiger charge is 2.16. The van der Waals surface area contributed by atoms with Gasteiger partial charge in [0.2, 0.25) is 0 Å². The molecule has 0 atom stereocenters. The maximum atomic E-state index is 11.2. The monoisotopic (exact) mass is 261 g/mol. The van der Waals surface area contributed by atoms with Gasteiger partial charge >= 0.3 is 5.97 Å². The minimum absolute atomic E-state index is 0.146. The fourth-order valence-corrected chi connectivity index (χ4v) is 2.71. The minimum atomic E-state index is -0.903. The molecule has 4 heteroatoms. The van der Waals surface area contributed by atoms with E-state index in [2.05, 4.69) is 4.57 Å². The predicted molar refractivity (Wildman–Crippen MR) is 74.8 cm³/mol. The summed E-state index contributed by atoms with van der Waals surface area (Å²) in [7, 11) is 1.99. The van der Waals surface area contributed by atoms with Gasteiger partial charge in [-0.3, -0.25) is 0 Å². The zero-order valence-corrected chi connectivity index (χ0v) is 11.5. The van der Waals surface area contributed by atoms with E-state index in [0.717, 1.165) is 34.1 Å². The highest BCUT2D eigenvalue weighted by atomic mass is 16.4. The highest BCUT2D eigenvalue weighted by molar-refractivity contribution is 5.97. The lowest BCUT2D eigenvalue weighted by molar-refractivity contribution is 0.0697. The van der Waals surface area contributed by atoms with Gasteiger partial charge in [0, 0.05) is 24.7 Å². The zero-order valence-electron chi connectivity index (χ0n) is 11.5. The van der Waals surface area contributed by atoms with Gasteiger partial charge in [0.25, 0.3) is 0 Å². The van der Waals surface area contributed by atoms with Gasteiger partial charge in [0.05, 0.1) is 11.1 Å². The zero-order chi connectivity index (χ0) is 14.2. The molecule has 2 aromatic rings. The van der Waals surface area contributed by atoms with Crippen molar-refractivity contribution in [2.24, 2.45) is 7.05 Å². The van der Waals surface area contributed by atoms with Crippen LogP contribution in [0.5, 0.6) is 0 Å². The average molecular weight is 261 g/mol. The normalized spacial score (nSPS) is 11.2. The first-order valence-electron chi connectivity index (χ1n) is 6.40. The fraction of sp³-hybridized carbons (Fsp3) is 0.400. The van der Waals surface area contributed by atoms with Gasteiger partial charge in [-0.1, -0.05) is 0 Å². The molecule has 0 aliphatic carbocycles. The van der Waals surface area contributed by atoms with Crippen LogP contribution in [0.1, 0.15) is 33.6 Å². The van der Waals surface area contributed by atoms with Crippen molar-refractivity contribution in [2.45, 2.75) is 26.7 Å². The first-order valence-corrected chi connectivity index (χ1v) is 6.40. The molecular weight excluding hydrogens is 242 g/mol. The van der Waals surface area contributed by atoms with Crippen LogP contribution < -0.4 is 0 Å². The summed E-state index contributed by atoms with van der Waals surface area (Å²) >= 11 is 0. The van der Waals surface area contributed by atoms with E-state index < -0.39 is 5.97 Å². The van der Waals surface area contributed by atoms with Gasteiger partial charge in [-0.05, 0) is 49.9 Å². The molecule has 19 heavy (non-hydrogen) atoms. The van der Waals surface area contributed by atoms with E-state index in [9.17, 15) is 4.79 Å². The third-order valence-corrected chi connectivity index (χ3v) is 3.73. The first-order chi connectivity index (χ1) is 8.97. The predicted octanol–water partition coefficient (Wildman–Crippen LogP) is 2.42. The van der Waals surface area contributed by atoms with Gasteiger partial charge in [-0.2, -0.15) is 0 Å². The number of hydrogen-bond acceptors (Lipinski definition) is 2. The van der Waals surface area contributed by atoms with E-state index >= 15 is 0 Å². The molecule has 102 valence electrons. The Kier molecular flexibility index (Phi) is 3.62. The third-order valence-electron chi connectivity index (χ3n) is 3.73. The number of nitrogens with zero attached hydrogens (tertiary/aromatic N) is 1. The summed E-state index contributed by atoms with van der Waals surface area (Å²) in [6, 6.07) is 3.45. The van der Waals surface area contributed by atoms with Crippen LogP contribution in [0.25, 0.3) is 10.9 Å². The van der Waals surface area contributed by atoms with Crippen LogP contribution in [0.15, 0.2) is 12.1 Å². The van der Waals surface area contributed by atoms with Gasteiger partial charge in [-0.15, -0.1) is 0 Å². The number of fused-ring (bicyclic) bond motifs is 1. The molecule has 0 saturated heterocycles. The number of hydrogen-bond donors (Lipinski definition) is 2. The van der Waals surface area contributed by atoms with Crippen molar-refractivity contribution in [1.29, 1.82) is 0 Å². The second-order valence-electron chi connectivity index (χ2n) is 4.94. The lowest BCUT2D eigenvalue weighted by Crippen LogP contribution is -1.98. The van der Waals surface area contributed by atoms with Gasteiger partial charge < -0.3 is 14.8 Å². The molecular formula is C15H19NO3. The third kappa shape index (κ3) is 2.24. The van der Waals surface area contributed by atoms with Crippen molar-refractivity contribution in [3.63, 3.8) is 0 Å². The van der Waals surface area contributed by atoms with E-state index in [1.54, 1.807) is 12.1 Å². The molecule has 0 aliphatic heterocycles. The topological polar surface area (TPSA) is 62.5 Å². The summed E-state index contributed by atoms with van der Waals surface area (Å²) < 4.78 is 2.10. The number of aryl methyl sites for hydroxylation is 3. The summed E-state index contributed by atoms with van der Waals surface area (Å²) in [5.41, 5.74) is 4.64. The molecule has 0 amide bonds. The summed E-state index contributed by atoms with van der Waals surface area (Å²) in [5.74, 6) is -0.903. The van der Waals surface area contributed by atoms with Gasteiger partial charge in [0.1, 0.15) is 0 Å². The maximum absolute atomic E-state index is 11.2. The van der Waals surface area contributed by atoms with E-state index in [-0.39, 0.29) is 6.61 Å². The Bertz CT molecular complexity index is 641. The van der Waals surface area contributed by atoms with Crippen LogP contribution in [-0.2, 0) is 13.5 Å². The molecule has 2 rings (SSSR count). The van der Waals surface area contributed by atoms with E-state index in [1.165, 1.54) is 0 Å². The van der Waals surface area contributed by atoms with Crippen LogP contribution in [0, 0.1) is 13.8 Å². The maximum Gasteiger partial charge on any atom is 0.335 e. The Labute approximate surface area is 112 Å². The van der Waals surface area contributed by atoms with Crippen LogP contribution in [0.4, 0.5) is 0 Å². The SMILES string of the molecule is Cc1cc(C(=O)O)cc2c(CCCO)c(C)n(C)c12. The molecule has 0 bridgehead atoms. The van der Waals surface area contributed by atoms with Gasteiger partial charge in [0.15, 0.2) is 0 Å². The standard InChI is InChI=1S/C15H19NO3/c1-9-7-11(15(18)19)8-13-12(5-4-6-17)10(2)16(3)14(9)13/h7-8,17H,4-6H2,1-3H3,(H,18,19). The van der Waals surface area contributed by atoms with Crippen LogP contribution in [0.2, 0.25) is 0 Å². The molecule has 4 nitrogen and oxygen atoms in total. The molecule has 0 spiro atoms. The Balaban J connectivity index is 2.73. The second-order valence-corrected chi connectivity index (χ2v) is 4.94. The van der Waals surface area contributed by atoms with Crippen molar-refractivity contribution in [2.75, 3.05) is 6.61 Å². The number of aromatic nitrogens is 1. The van der Waals surface area contributed by atoms with Gasteiger partial charge in [-0.25, -0.2) is 4.79 Å². The van der Waals surface area contributed by atoms with E-state index in [1.807, 2.05) is 20.9 Å². The minimum Gasteiger partial charge on any atom is -0.478 e. The highest BCUT2D eigenvalue weighted by Crippen LogP contribution is 2.29. The number of carbonyl (C=O) groups is 1. The van der Waals surface area contributed by atoms with Crippen molar-refractivity contribution >= 4 is 16.9 Å². The Hall–Kier alpha value is -1.81. The quantitative estimate of drug-likeness (QED) is 0.888. The van der Waals surface area contributed by atoms with Crippen molar-refractivity contribution < 1.29 is 15.0 Å². The second kappa shape index (κ2) is 5.05. The van der Waals surface area contributed by atoms with Crippen LogP contribution in [-0.4, -0.2) is 27.4 Å². The molecule has 1 aromatic heterocycles. The number of aliphatic hydroxyl groups excluding tert-OH is 1. The molecule has 1 heterocycles. The molecule has 0 radical (unpaired) electrons. The Morgan fingerprint density at radius 1 is 1.32 bits per heavy atom. The Morgan fingerprint density at radius 3 is 2.58 bits per heavy atom. The number of carboxylic acids is 1. The average Bonchev–Trinajstić information content (AvgIpc) is 2.60. The van der Waals surface area contributed by atoms with Crippen molar-refractivity contribution in [1.82, 2.24) is 4.57 Å². The molecule has 0 saturated carbocycles. The summed E-state index contributed by atoms with van der Waals surface area (Å²) in [5, 5.41) is 19.2. The van der Waals surface area contributed by atoms with Crippen LogP contribution >= 0.6 is 0 Å². The largest absolute Gasteiger partial charge is 0.478 e. The summed E-state index contributed by atoms with van der Waals surface area (Å²) in [6.45, 7) is 4.12. The molecule has 2 N–H and O–H groups in total. The summed E-state index contributed by atoms with van der Waals surface area (Å²) in [6.07, 6.45) is 1.46. The molecule has 0 fully saturated rings. The fourth-order valence-electron chi connectivity index (χ4n) is 2.71. The first kappa shape index (κ1) is 13.6. The van der Waals surface area contributed by atoms with E-state index in [0.29, 0.717) is 12.0 Å². The number of aliphatic hydroxyl groups is 1. The lowest BCUT2D eigenvalue weighted by Gasteiger charge is -2.04. The van der Waals surface area contributed by atoms with Crippen molar-refractivity contribution in [3.05, 3.63) is 34.5 Å². The lowest BCUT2D eigenvalue weighted by atomic mass is 10.0. The van der Waals surface area contributed by atoms with Crippen molar-refractivity contribution in [3.8, 4) is 0 Å². The number of rotatable bonds is 4.